The predicted molar refractivity (Wildman–Crippen MR) is 114 cm³/mol. The lowest BCUT2D eigenvalue weighted by molar-refractivity contribution is -0.144. The van der Waals surface area contributed by atoms with E-state index in [2.05, 4.69) is 5.32 Å². The number of nitrogen functional groups attached to an aromatic ring is 1. The molecule has 0 saturated carbocycles. The maximum atomic E-state index is 12.6. The highest BCUT2D eigenvalue weighted by Crippen LogP contribution is 2.26. The lowest BCUT2D eigenvalue weighted by atomic mass is 10.0. The molecular weight excluding hydrogens is 396 g/mol. The number of esters is 1. The molecule has 2 aromatic rings. The number of hydrogen-bond acceptors (Lipinski definition) is 6. The highest BCUT2D eigenvalue weighted by atomic mass is 35.5. The largest absolute Gasteiger partial charge is 0.484 e. The van der Waals surface area contributed by atoms with Gasteiger partial charge in [0.25, 0.3) is 5.91 Å². The van der Waals surface area contributed by atoms with E-state index in [1.165, 1.54) is 0 Å². The number of carbonyl (C=O) groups is 2. The van der Waals surface area contributed by atoms with Crippen molar-refractivity contribution in [2.24, 2.45) is 11.5 Å². The van der Waals surface area contributed by atoms with Gasteiger partial charge < -0.3 is 26.3 Å². The van der Waals surface area contributed by atoms with Gasteiger partial charge in [-0.1, -0.05) is 6.07 Å². The van der Waals surface area contributed by atoms with Gasteiger partial charge in [0.2, 0.25) is 0 Å². The molecule has 1 amide bonds. The zero-order chi connectivity index (χ0) is 20.7. The molecule has 0 radical (unpaired) electrons. The third-order valence-electron chi connectivity index (χ3n) is 3.82. The van der Waals surface area contributed by atoms with E-state index in [-0.39, 0.29) is 31.5 Å². The third-order valence-corrected chi connectivity index (χ3v) is 3.82. The van der Waals surface area contributed by atoms with Crippen LogP contribution in [0.4, 0.5) is 5.69 Å². The van der Waals surface area contributed by atoms with Gasteiger partial charge in [-0.05, 0) is 61.4 Å². The van der Waals surface area contributed by atoms with Crippen molar-refractivity contribution in [2.75, 3.05) is 18.5 Å². The van der Waals surface area contributed by atoms with Crippen LogP contribution < -0.4 is 21.5 Å². The summed E-state index contributed by atoms with van der Waals surface area (Å²) in [5.74, 6) is -0.654. The Labute approximate surface area is 175 Å². The van der Waals surface area contributed by atoms with Gasteiger partial charge in [0.15, 0.2) is 12.6 Å². The van der Waals surface area contributed by atoms with E-state index in [0.717, 1.165) is 5.56 Å². The van der Waals surface area contributed by atoms with Crippen LogP contribution in [0.1, 0.15) is 29.7 Å². The quantitative estimate of drug-likeness (QED) is 0.278. The van der Waals surface area contributed by atoms with Gasteiger partial charge in [-0.15, -0.1) is 12.4 Å². The van der Waals surface area contributed by atoms with Gasteiger partial charge in [0, 0.05) is 11.3 Å². The molecule has 0 aliphatic carbocycles. The first-order valence-corrected chi connectivity index (χ1v) is 8.70. The van der Waals surface area contributed by atoms with Crippen molar-refractivity contribution >= 4 is 35.8 Å². The van der Waals surface area contributed by atoms with E-state index in [0.29, 0.717) is 22.6 Å². The van der Waals surface area contributed by atoms with Crippen LogP contribution >= 0.6 is 12.4 Å². The van der Waals surface area contributed by atoms with Crippen LogP contribution in [0.3, 0.4) is 0 Å². The minimum absolute atomic E-state index is 0. The maximum Gasteiger partial charge on any atom is 0.333 e. The van der Waals surface area contributed by atoms with E-state index in [1.54, 1.807) is 43.3 Å². The second-order valence-corrected chi connectivity index (χ2v) is 6.15. The van der Waals surface area contributed by atoms with Gasteiger partial charge >= 0.3 is 5.97 Å². The minimum atomic E-state index is -0.793. The van der Waals surface area contributed by atoms with Gasteiger partial charge in [-0.2, -0.15) is 0 Å². The zero-order valence-corrected chi connectivity index (χ0v) is 17.0. The number of halogens is 1. The fourth-order valence-electron chi connectivity index (χ4n) is 2.60. The van der Waals surface area contributed by atoms with Crippen molar-refractivity contribution in [3.05, 3.63) is 59.2 Å². The lowest BCUT2D eigenvalue weighted by Crippen LogP contribution is -2.24. The van der Waals surface area contributed by atoms with E-state index in [1.807, 2.05) is 13.0 Å². The summed E-state index contributed by atoms with van der Waals surface area (Å²) in [6.07, 6.45) is 0. The van der Waals surface area contributed by atoms with Crippen molar-refractivity contribution in [1.82, 2.24) is 0 Å². The highest BCUT2D eigenvalue weighted by molar-refractivity contribution is 5.95. The molecule has 0 fully saturated rings. The monoisotopic (exact) mass is 420 g/mol. The standard InChI is InChI=1S/C20H24N4O4.ClH/c1-3-27-20(26)18(24-15-6-4-13(5-7-15)19(22)23)14-8-12(2)9-16(10-14)28-11-17(21)25;/h4-10,18,24H,3,11H2,1-2H3,(H2,21,25)(H3,22,23);1H. The minimum Gasteiger partial charge on any atom is -0.484 e. The number of benzene rings is 2. The molecule has 9 heteroatoms. The number of nitrogens with one attached hydrogen (secondary N) is 2. The molecule has 0 aliphatic heterocycles. The number of amidine groups is 1. The summed E-state index contributed by atoms with van der Waals surface area (Å²) >= 11 is 0. The molecule has 1 atom stereocenters. The van der Waals surface area contributed by atoms with Crippen molar-refractivity contribution in [3.8, 4) is 5.75 Å². The Morgan fingerprint density at radius 2 is 1.79 bits per heavy atom. The number of ether oxygens (including phenoxy) is 2. The van der Waals surface area contributed by atoms with Gasteiger partial charge in [-0.25, -0.2) is 4.79 Å². The molecule has 8 nitrogen and oxygen atoms in total. The summed E-state index contributed by atoms with van der Waals surface area (Å²) in [6.45, 7) is 3.56. The number of amides is 1. The van der Waals surface area contributed by atoms with Gasteiger partial charge in [0.05, 0.1) is 6.61 Å². The fourth-order valence-corrected chi connectivity index (χ4v) is 2.60. The Hall–Kier alpha value is -3.26. The maximum absolute atomic E-state index is 12.6. The van der Waals surface area contributed by atoms with E-state index in [9.17, 15) is 9.59 Å². The summed E-state index contributed by atoms with van der Waals surface area (Å²) < 4.78 is 10.6. The Morgan fingerprint density at radius 1 is 1.14 bits per heavy atom. The SMILES string of the molecule is CCOC(=O)C(Nc1ccc(C(=N)N)cc1)c1cc(C)cc(OCC(N)=O)c1.Cl. The van der Waals surface area contributed by atoms with Crippen LogP contribution in [0.25, 0.3) is 0 Å². The van der Waals surface area contributed by atoms with Crippen LogP contribution in [0.5, 0.6) is 5.75 Å². The lowest BCUT2D eigenvalue weighted by Gasteiger charge is -2.20. The summed E-state index contributed by atoms with van der Waals surface area (Å²) in [7, 11) is 0. The highest BCUT2D eigenvalue weighted by Gasteiger charge is 2.23. The Balaban J connectivity index is 0.00000420. The van der Waals surface area contributed by atoms with E-state index in [4.69, 9.17) is 26.4 Å². The van der Waals surface area contributed by atoms with Crippen molar-refractivity contribution in [3.63, 3.8) is 0 Å². The third kappa shape index (κ3) is 7.00. The first-order valence-electron chi connectivity index (χ1n) is 8.70. The molecule has 6 N–H and O–H groups in total. The van der Waals surface area contributed by atoms with Crippen LogP contribution in [-0.4, -0.2) is 30.9 Å². The van der Waals surface area contributed by atoms with Crippen LogP contribution in [0.2, 0.25) is 0 Å². The average Bonchev–Trinajstić information content (AvgIpc) is 2.64. The Morgan fingerprint density at radius 3 is 2.34 bits per heavy atom. The summed E-state index contributed by atoms with van der Waals surface area (Å²) in [4.78, 5) is 23.5. The van der Waals surface area contributed by atoms with Crippen molar-refractivity contribution in [1.29, 1.82) is 5.41 Å². The molecule has 0 heterocycles. The Bertz CT molecular complexity index is 871. The molecule has 0 aliphatic rings. The van der Waals surface area contributed by atoms with E-state index < -0.39 is 17.9 Å². The number of carbonyl (C=O) groups excluding carboxylic acids is 2. The van der Waals surface area contributed by atoms with Crippen molar-refractivity contribution in [2.45, 2.75) is 19.9 Å². The molecular formula is C20H25ClN4O4. The smallest absolute Gasteiger partial charge is 0.333 e. The van der Waals surface area contributed by atoms with Gasteiger partial charge in [-0.3, -0.25) is 10.2 Å². The molecule has 2 rings (SSSR count). The van der Waals surface area contributed by atoms with Gasteiger partial charge in [0.1, 0.15) is 11.6 Å². The fraction of sp³-hybridized carbons (Fsp3) is 0.250. The predicted octanol–water partition coefficient (Wildman–Crippen LogP) is 2.28. The molecule has 0 saturated heterocycles. The molecule has 156 valence electrons. The summed E-state index contributed by atoms with van der Waals surface area (Å²) in [5.41, 5.74) is 13.3. The molecule has 0 spiro atoms. The zero-order valence-electron chi connectivity index (χ0n) is 16.2. The second-order valence-electron chi connectivity index (χ2n) is 6.15. The summed E-state index contributed by atoms with van der Waals surface area (Å²) in [5, 5.41) is 10.6. The van der Waals surface area contributed by atoms with Crippen LogP contribution in [-0.2, 0) is 14.3 Å². The van der Waals surface area contributed by atoms with E-state index >= 15 is 0 Å². The topological polar surface area (TPSA) is 141 Å². The number of aryl methyl sites for hydroxylation is 1. The molecule has 0 bridgehead atoms. The number of primary amides is 1. The molecule has 0 aromatic heterocycles. The number of anilines is 1. The molecule has 2 aromatic carbocycles. The number of rotatable bonds is 9. The van der Waals surface area contributed by atoms with Crippen molar-refractivity contribution < 1.29 is 19.1 Å². The average molecular weight is 421 g/mol. The number of hydrogen-bond donors (Lipinski definition) is 4. The molecule has 1 unspecified atom stereocenters. The summed E-state index contributed by atoms with van der Waals surface area (Å²) in [6, 6.07) is 11.3. The Kier molecular flexibility index (Phi) is 8.95. The first-order chi connectivity index (χ1) is 13.3. The second kappa shape index (κ2) is 10.9. The molecule has 29 heavy (non-hydrogen) atoms. The number of nitrogens with two attached hydrogens (primary N) is 2. The van der Waals surface area contributed by atoms with Crippen LogP contribution in [0.15, 0.2) is 42.5 Å². The first kappa shape index (κ1) is 23.8. The van der Waals surface area contributed by atoms with Crippen LogP contribution in [0, 0.1) is 12.3 Å². The normalized spacial score (nSPS) is 11.0.